The van der Waals surface area contributed by atoms with E-state index in [4.69, 9.17) is 4.74 Å². The summed E-state index contributed by atoms with van der Waals surface area (Å²) in [5.74, 6) is -0.690. The first kappa shape index (κ1) is 27.0. The van der Waals surface area contributed by atoms with Gasteiger partial charge in [-0.25, -0.2) is 0 Å². The van der Waals surface area contributed by atoms with Crippen LogP contribution in [0.1, 0.15) is 53.0 Å². The van der Waals surface area contributed by atoms with Gasteiger partial charge in [0.25, 0.3) is 11.8 Å². The van der Waals surface area contributed by atoms with Gasteiger partial charge in [-0.1, -0.05) is 0 Å². The van der Waals surface area contributed by atoms with Gasteiger partial charge in [-0.2, -0.15) is 13.2 Å². The maximum atomic E-state index is 13.0. The first-order chi connectivity index (χ1) is 17.0. The quantitative estimate of drug-likeness (QED) is 0.598. The van der Waals surface area contributed by atoms with Crippen LogP contribution in [-0.2, 0) is 11.0 Å². The van der Waals surface area contributed by atoms with E-state index < -0.39 is 23.7 Å². The number of piperidine rings is 1. The average Bonchev–Trinajstić information content (AvgIpc) is 2.86. The van der Waals surface area contributed by atoms with E-state index in [1.54, 1.807) is 29.2 Å². The van der Waals surface area contributed by atoms with Crippen molar-refractivity contribution in [1.29, 1.82) is 0 Å². The first-order valence-electron chi connectivity index (χ1n) is 11.7. The van der Waals surface area contributed by atoms with E-state index in [0.29, 0.717) is 37.2 Å². The van der Waals surface area contributed by atoms with Crippen LogP contribution in [0.3, 0.4) is 0 Å². The lowest BCUT2D eigenvalue weighted by atomic mass is 9.88. The number of carbonyl (C=O) groups is 3. The van der Waals surface area contributed by atoms with Gasteiger partial charge in [-0.05, 0) is 81.1 Å². The second-order valence-corrected chi connectivity index (χ2v) is 9.05. The van der Waals surface area contributed by atoms with Crippen LogP contribution in [0.25, 0.3) is 0 Å². The molecule has 2 aromatic carbocycles. The predicted molar refractivity (Wildman–Crippen MR) is 128 cm³/mol. The summed E-state index contributed by atoms with van der Waals surface area (Å²) in [5, 5.41) is 5.69. The molecule has 2 aromatic rings. The van der Waals surface area contributed by atoms with Gasteiger partial charge in [0, 0.05) is 30.3 Å². The largest absolute Gasteiger partial charge is 0.497 e. The Morgan fingerprint density at radius 2 is 1.47 bits per heavy atom. The van der Waals surface area contributed by atoms with Crippen LogP contribution in [0, 0.1) is 5.92 Å². The molecule has 194 valence electrons. The molecule has 1 fully saturated rings. The Kier molecular flexibility index (Phi) is 8.60. The summed E-state index contributed by atoms with van der Waals surface area (Å²) in [4.78, 5) is 40.2. The number of hydrogen-bond acceptors (Lipinski definition) is 4. The molecule has 7 nitrogen and oxygen atoms in total. The van der Waals surface area contributed by atoms with Gasteiger partial charge in [0.05, 0.1) is 12.7 Å². The SMILES string of the molecule is COc1ccc(C(=O)N[C@H](C(=O)NC(C)C)C2CCN(C(=O)c3ccc(C(F)(F)F)cc3)CC2)cc1. The summed E-state index contributed by atoms with van der Waals surface area (Å²) in [7, 11) is 1.52. The Bertz CT molecular complexity index is 1060. The van der Waals surface area contributed by atoms with Crippen LogP contribution < -0.4 is 15.4 Å². The minimum atomic E-state index is -4.47. The van der Waals surface area contributed by atoms with E-state index >= 15 is 0 Å². The monoisotopic (exact) mass is 505 g/mol. The fourth-order valence-electron chi connectivity index (χ4n) is 4.16. The minimum absolute atomic E-state index is 0.126. The van der Waals surface area contributed by atoms with Crippen molar-refractivity contribution in [3.8, 4) is 5.75 Å². The summed E-state index contributed by atoms with van der Waals surface area (Å²) in [5.41, 5.74) is -0.263. The van der Waals surface area contributed by atoms with Crippen LogP contribution in [0.4, 0.5) is 13.2 Å². The lowest BCUT2D eigenvalue weighted by Crippen LogP contribution is -2.54. The number of benzene rings is 2. The summed E-state index contributed by atoms with van der Waals surface area (Å²) >= 11 is 0. The second-order valence-electron chi connectivity index (χ2n) is 9.05. The van der Waals surface area contributed by atoms with Gasteiger partial charge in [0.1, 0.15) is 11.8 Å². The number of methoxy groups -OCH3 is 1. The molecular weight excluding hydrogens is 475 g/mol. The van der Waals surface area contributed by atoms with Crippen molar-refractivity contribution in [2.75, 3.05) is 20.2 Å². The van der Waals surface area contributed by atoms with Gasteiger partial charge in [-0.3, -0.25) is 14.4 Å². The number of likely N-dealkylation sites (tertiary alicyclic amines) is 1. The number of alkyl halides is 3. The van der Waals surface area contributed by atoms with Gasteiger partial charge >= 0.3 is 6.18 Å². The predicted octanol–water partition coefficient (Wildman–Crippen LogP) is 3.89. The number of ether oxygens (including phenoxy) is 1. The molecule has 0 bridgehead atoms. The van der Waals surface area contributed by atoms with E-state index in [2.05, 4.69) is 10.6 Å². The number of nitrogens with zero attached hydrogens (tertiary/aromatic N) is 1. The fourth-order valence-corrected chi connectivity index (χ4v) is 4.16. The summed E-state index contributed by atoms with van der Waals surface area (Å²) in [6, 6.07) is 9.73. The van der Waals surface area contributed by atoms with E-state index in [1.807, 2.05) is 13.8 Å². The zero-order valence-corrected chi connectivity index (χ0v) is 20.4. The molecule has 0 aromatic heterocycles. The van der Waals surface area contributed by atoms with Gasteiger partial charge in [0.15, 0.2) is 0 Å². The maximum Gasteiger partial charge on any atom is 0.416 e. The summed E-state index contributed by atoms with van der Waals surface area (Å²) in [6.45, 7) is 4.28. The third-order valence-electron chi connectivity index (χ3n) is 6.11. The molecule has 10 heteroatoms. The molecule has 3 amide bonds. The lowest BCUT2D eigenvalue weighted by Gasteiger charge is -2.36. The van der Waals surface area contributed by atoms with Gasteiger partial charge in [-0.15, -0.1) is 0 Å². The summed E-state index contributed by atoms with van der Waals surface area (Å²) in [6.07, 6.45) is -3.57. The zero-order valence-electron chi connectivity index (χ0n) is 20.4. The van der Waals surface area contributed by atoms with Gasteiger partial charge in [0.2, 0.25) is 5.91 Å². The lowest BCUT2D eigenvalue weighted by molar-refractivity contribution is -0.137. The van der Waals surface area contributed by atoms with Crippen LogP contribution in [-0.4, -0.2) is 54.9 Å². The highest BCUT2D eigenvalue weighted by Gasteiger charge is 2.35. The Balaban J connectivity index is 1.67. The average molecular weight is 506 g/mol. The normalized spacial score (nSPS) is 15.4. The third kappa shape index (κ3) is 6.77. The molecule has 3 rings (SSSR count). The molecule has 0 aliphatic carbocycles. The van der Waals surface area contributed by atoms with E-state index in [0.717, 1.165) is 12.1 Å². The van der Waals surface area contributed by atoms with Crippen LogP contribution in [0.2, 0.25) is 0 Å². The number of nitrogens with one attached hydrogen (secondary N) is 2. The van der Waals surface area contributed by atoms with E-state index in [1.165, 1.54) is 19.2 Å². The molecule has 0 unspecified atom stereocenters. The maximum absolute atomic E-state index is 13.0. The molecule has 0 radical (unpaired) electrons. The number of amides is 3. The number of carbonyl (C=O) groups excluding carboxylic acids is 3. The minimum Gasteiger partial charge on any atom is -0.497 e. The van der Waals surface area contributed by atoms with Crippen molar-refractivity contribution >= 4 is 17.7 Å². The third-order valence-corrected chi connectivity index (χ3v) is 6.11. The molecular formula is C26H30F3N3O4. The van der Waals surface area contributed by atoms with Crippen molar-refractivity contribution in [2.45, 2.75) is 44.9 Å². The van der Waals surface area contributed by atoms with Crippen LogP contribution >= 0.6 is 0 Å². The molecule has 0 saturated carbocycles. The highest BCUT2D eigenvalue weighted by molar-refractivity contribution is 5.98. The molecule has 1 aliphatic rings. The molecule has 2 N–H and O–H groups in total. The van der Waals surface area contributed by atoms with E-state index in [-0.39, 0.29) is 29.3 Å². The molecule has 1 aliphatic heterocycles. The van der Waals surface area contributed by atoms with Crippen molar-refractivity contribution < 1.29 is 32.3 Å². The Labute approximate surface area is 208 Å². The van der Waals surface area contributed by atoms with Gasteiger partial charge < -0.3 is 20.3 Å². The first-order valence-corrected chi connectivity index (χ1v) is 11.7. The summed E-state index contributed by atoms with van der Waals surface area (Å²) < 4.78 is 43.5. The topological polar surface area (TPSA) is 87.7 Å². The Hall–Kier alpha value is -3.56. The Morgan fingerprint density at radius 3 is 1.97 bits per heavy atom. The fraction of sp³-hybridized carbons (Fsp3) is 0.423. The molecule has 0 spiro atoms. The smallest absolute Gasteiger partial charge is 0.416 e. The van der Waals surface area contributed by atoms with Crippen molar-refractivity contribution in [3.05, 3.63) is 65.2 Å². The highest BCUT2D eigenvalue weighted by Crippen LogP contribution is 2.30. The van der Waals surface area contributed by atoms with E-state index in [9.17, 15) is 27.6 Å². The van der Waals surface area contributed by atoms with Crippen LogP contribution in [0.15, 0.2) is 48.5 Å². The standard InChI is InChI=1S/C26H30F3N3O4/c1-16(2)30-24(34)22(31-23(33)18-6-10-21(36-3)11-7-18)17-12-14-32(15-13-17)25(35)19-4-8-20(9-5-19)26(27,28)29/h4-11,16-17,22H,12-15H2,1-3H3,(H,30,34)(H,31,33)/t22-/m0/s1. The second kappa shape index (κ2) is 11.5. The molecule has 1 atom stereocenters. The molecule has 1 heterocycles. The number of hydrogen-bond donors (Lipinski definition) is 2. The molecule has 1 saturated heterocycles. The highest BCUT2D eigenvalue weighted by atomic mass is 19.4. The van der Waals surface area contributed by atoms with Crippen LogP contribution in [0.5, 0.6) is 5.75 Å². The van der Waals surface area contributed by atoms with Crippen molar-refractivity contribution in [1.82, 2.24) is 15.5 Å². The van der Waals surface area contributed by atoms with Crippen molar-refractivity contribution in [3.63, 3.8) is 0 Å². The van der Waals surface area contributed by atoms with Crippen molar-refractivity contribution in [2.24, 2.45) is 5.92 Å². The number of halogens is 3. The Morgan fingerprint density at radius 1 is 0.917 bits per heavy atom. The number of rotatable bonds is 7. The molecule has 36 heavy (non-hydrogen) atoms. The zero-order chi connectivity index (χ0) is 26.5.